The number of alkyl halides is 3. The Labute approximate surface area is 124 Å². The van der Waals surface area contributed by atoms with Crippen molar-refractivity contribution < 1.29 is 13.2 Å². The molecule has 0 aliphatic heterocycles. The van der Waals surface area contributed by atoms with Gasteiger partial charge in [0, 0.05) is 0 Å². The number of hydrogen-bond donors (Lipinski definition) is 1. The number of benzene rings is 1. The quantitative estimate of drug-likeness (QED) is 0.941. The molecule has 0 amide bonds. The van der Waals surface area contributed by atoms with Crippen molar-refractivity contribution in [1.82, 2.24) is 20.3 Å². The molecule has 0 saturated heterocycles. The van der Waals surface area contributed by atoms with Gasteiger partial charge in [-0.25, -0.2) is 4.68 Å². The maximum absolute atomic E-state index is 12.9. The first kappa shape index (κ1) is 15.8. The average molecular weight is 319 g/mol. The third-order valence-electron chi connectivity index (χ3n) is 3.27. The summed E-state index contributed by atoms with van der Waals surface area (Å²) in [5, 5.41) is 10.6. The highest BCUT2D eigenvalue weighted by Crippen LogP contribution is 2.36. The Morgan fingerprint density at radius 3 is 2.57 bits per heavy atom. The van der Waals surface area contributed by atoms with Crippen molar-refractivity contribution in [2.75, 3.05) is 7.05 Å². The Bertz CT molecular complexity index is 651. The third-order valence-corrected chi connectivity index (χ3v) is 3.60. The molecule has 0 saturated carbocycles. The van der Waals surface area contributed by atoms with E-state index < -0.39 is 11.7 Å². The molecule has 4 nitrogen and oxygen atoms in total. The summed E-state index contributed by atoms with van der Waals surface area (Å²) in [4.78, 5) is 0. The highest BCUT2D eigenvalue weighted by molar-refractivity contribution is 6.31. The van der Waals surface area contributed by atoms with E-state index in [1.165, 1.54) is 16.8 Å². The standard InChI is InChI=1S/C13H14ClF3N4/c1-7(18-3)12-8(2)21(20-19-12)9-4-5-11(14)10(6-9)13(15,16)17/h4-7,18H,1-3H3. The van der Waals surface area contributed by atoms with Crippen molar-refractivity contribution in [3.05, 3.63) is 40.2 Å². The summed E-state index contributed by atoms with van der Waals surface area (Å²) in [6, 6.07) is 3.61. The van der Waals surface area contributed by atoms with E-state index in [9.17, 15) is 13.2 Å². The largest absolute Gasteiger partial charge is 0.417 e. The molecule has 2 rings (SSSR count). The fourth-order valence-corrected chi connectivity index (χ4v) is 2.21. The first-order valence-electron chi connectivity index (χ1n) is 6.22. The van der Waals surface area contributed by atoms with Crippen LogP contribution in [-0.4, -0.2) is 22.0 Å². The molecule has 8 heteroatoms. The second-order valence-electron chi connectivity index (χ2n) is 4.64. The fraction of sp³-hybridized carbons (Fsp3) is 0.385. The van der Waals surface area contributed by atoms with E-state index in [1.54, 1.807) is 14.0 Å². The maximum Gasteiger partial charge on any atom is 0.417 e. The molecule has 2 aromatic rings. The van der Waals surface area contributed by atoms with Crippen molar-refractivity contribution >= 4 is 11.6 Å². The van der Waals surface area contributed by atoms with Crippen LogP contribution in [0, 0.1) is 6.92 Å². The van der Waals surface area contributed by atoms with E-state index in [0.717, 1.165) is 6.07 Å². The summed E-state index contributed by atoms with van der Waals surface area (Å²) in [5.74, 6) is 0. The van der Waals surface area contributed by atoms with Crippen LogP contribution in [0.5, 0.6) is 0 Å². The molecule has 21 heavy (non-hydrogen) atoms. The molecular weight excluding hydrogens is 305 g/mol. The number of nitrogens with one attached hydrogen (secondary N) is 1. The topological polar surface area (TPSA) is 42.7 Å². The van der Waals surface area contributed by atoms with E-state index in [0.29, 0.717) is 11.4 Å². The van der Waals surface area contributed by atoms with Crippen molar-refractivity contribution in [2.45, 2.75) is 26.1 Å². The third kappa shape index (κ3) is 3.03. The van der Waals surface area contributed by atoms with E-state index >= 15 is 0 Å². The van der Waals surface area contributed by atoms with Crippen LogP contribution in [0.25, 0.3) is 5.69 Å². The van der Waals surface area contributed by atoms with Gasteiger partial charge in [0.1, 0.15) is 5.69 Å². The Morgan fingerprint density at radius 2 is 2.00 bits per heavy atom. The van der Waals surface area contributed by atoms with Crippen LogP contribution in [-0.2, 0) is 6.18 Å². The van der Waals surface area contributed by atoms with Crippen molar-refractivity contribution in [3.63, 3.8) is 0 Å². The molecule has 0 aliphatic rings. The van der Waals surface area contributed by atoms with Gasteiger partial charge in [0.15, 0.2) is 0 Å². The van der Waals surface area contributed by atoms with Gasteiger partial charge in [-0.1, -0.05) is 16.8 Å². The van der Waals surface area contributed by atoms with Gasteiger partial charge in [-0.2, -0.15) is 13.2 Å². The van der Waals surface area contributed by atoms with Crippen LogP contribution in [0.1, 0.15) is 29.9 Å². The molecule has 0 aliphatic carbocycles. The molecule has 1 N–H and O–H groups in total. The van der Waals surface area contributed by atoms with Gasteiger partial charge in [-0.3, -0.25) is 0 Å². The minimum absolute atomic E-state index is 0.0480. The van der Waals surface area contributed by atoms with Gasteiger partial charge in [0.25, 0.3) is 0 Å². The number of rotatable bonds is 3. The monoisotopic (exact) mass is 318 g/mol. The molecule has 1 aromatic heterocycles. The first-order chi connectivity index (χ1) is 9.75. The van der Waals surface area contributed by atoms with E-state index in [2.05, 4.69) is 15.6 Å². The van der Waals surface area contributed by atoms with Crippen LogP contribution in [0.2, 0.25) is 5.02 Å². The highest BCUT2D eigenvalue weighted by atomic mass is 35.5. The zero-order valence-corrected chi connectivity index (χ0v) is 12.4. The second kappa shape index (κ2) is 5.65. The summed E-state index contributed by atoms with van der Waals surface area (Å²) < 4.78 is 40.0. The summed E-state index contributed by atoms with van der Waals surface area (Å²) in [6.07, 6.45) is -4.51. The average Bonchev–Trinajstić information content (AvgIpc) is 2.79. The molecule has 0 fully saturated rings. The van der Waals surface area contributed by atoms with E-state index in [4.69, 9.17) is 11.6 Å². The summed E-state index contributed by atoms with van der Waals surface area (Å²) in [7, 11) is 1.77. The molecule has 1 atom stereocenters. The molecule has 1 heterocycles. The minimum atomic E-state index is -4.51. The summed E-state index contributed by atoms with van der Waals surface area (Å²) >= 11 is 5.61. The fourth-order valence-electron chi connectivity index (χ4n) is 1.99. The first-order valence-corrected chi connectivity index (χ1v) is 6.60. The SMILES string of the molecule is CNC(C)c1nnn(-c2ccc(Cl)c(C(F)(F)F)c2)c1C. The Morgan fingerprint density at radius 1 is 1.33 bits per heavy atom. The van der Waals surface area contributed by atoms with Crippen LogP contribution < -0.4 is 5.32 Å². The van der Waals surface area contributed by atoms with Crippen molar-refractivity contribution in [1.29, 1.82) is 0 Å². The van der Waals surface area contributed by atoms with Gasteiger partial charge < -0.3 is 5.32 Å². The molecule has 1 unspecified atom stereocenters. The number of nitrogens with zero attached hydrogens (tertiary/aromatic N) is 3. The lowest BCUT2D eigenvalue weighted by Gasteiger charge is -2.12. The van der Waals surface area contributed by atoms with Crippen molar-refractivity contribution in [2.24, 2.45) is 0 Å². The zero-order valence-electron chi connectivity index (χ0n) is 11.7. The van der Waals surface area contributed by atoms with Crippen LogP contribution in [0.15, 0.2) is 18.2 Å². The Kier molecular flexibility index (Phi) is 4.25. The van der Waals surface area contributed by atoms with Gasteiger partial charge in [-0.15, -0.1) is 5.10 Å². The normalized spacial score (nSPS) is 13.5. The van der Waals surface area contributed by atoms with Crippen LogP contribution >= 0.6 is 11.6 Å². The molecular formula is C13H14ClF3N4. The smallest absolute Gasteiger partial charge is 0.312 e. The zero-order chi connectivity index (χ0) is 15.8. The van der Waals surface area contributed by atoms with Gasteiger partial charge >= 0.3 is 6.18 Å². The molecule has 114 valence electrons. The van der Waals surface area contributed by atoms with E-state index in [-0.39, 0.29) is 16.8 Å². The predicted octanol–water partition coefficient (Wildman–Crippen LogP) is 3.53. The van der Waals surface area contributed by atoms with Gasteiger partial charge in [-0.05, 0) is 39.1 Å². The molecule has 0 bridgehead atoms. The van der Waals surface area contributed by atoms with Gasteiger partial charge in [0.05, 0.1) is 28.0 Å². The Hall–Kier alpha value is -1.60. The Balaban J connectivity index is 2.51. The molecule has 0 spiro atoms. The van der Waals surface area contributed by atoms with Crippen LogP contribution in [0.4, 0.5) is 13.2 Å². The predicted molar refractivity (Wildman–Crippen MR) is 73.6 cm³/mol. The summed E-state index contributed by atoms with van der Waals surface area (Å²) in [6.45, 7) is 3.65. The number of halogens is 4. The number of aromatic nitrogens is 3. The lowest BCUT2D eigenvalue weighted by atomic mass is 10.1. The molecule has 1 aromatic carbocycles. The van der Waals surface area contributed by atoms with Crippen LogP contribution in [0.3, 0.4) is 0 Å². The highest BCUT2D eigenvalue weighted by Gasteiger charge is 2.33. The molecule has 0 radical (unpaired) electrons. The lowest BCUT2D eigenvalue weighted by Crippen LogP contribution is -2.14. The van der Waals surface area contributed by atoms with Crippen molar-refractivity contribution in [3.8, 4) is 5.69 Å². The second-order valence-corrected chi connectivity index (χ2v) is 5.05. The van der Waals surface area contributed by atoms with Gasteiger partial charge in [0.2, 0.25) is 0 Å². The number of hydrogen-bond acceptors (Lipinski definition) is 3. The lowest BCUT2D eigenvalue weighted by molar-refractivity contribution is -0.137. The minimum Gasteiger partial charge on any atom is -0.312 e. The summed E-state index contributed by atoms with van der Waals surface area (Å²) in [5.41, 5.74) is 0.736. The van der Waals surface area contributed by atoms with E-state index in [1.807, 2.05) is 6.92 Å². The maximum atomic E-state index is 12.9.